The van der Waals surface area contributed by atoms with Crippen LogP contribution in [0.2, 0.25) is 0 Å². The number of para-hydroxylation sites is 2. The van der Waals surface area contributed by atoms with Crippen molar-refractivity contribution in [2.24, 2.45) is 0 Å². The number of fused-ring (bicyclic) bond motifs is 1. The average Bonchev–Trinajstić information content (AvgIpc) is 3.67. The van der Waals surface area contributed by atoms with Gasteiger partial charge >= 0.3 is 0 Å². The summed E-state index contributed by atoms with van der Waals surface area (Å²) in [5.41, 5.74) is 9.33. The van der Waals surface area contributed by atoms with Gasteiger partial charge in [0.05, 0.1) is 32.1 Å². The molecule has 43 heavy (non-hydrogen) atoms. The maximum atomic E-state index is 14.1. The summed E-state index contributed by atoms with van der Waals surface area (Å²) in [4.78, 5) is 37.0. The molecule has 4 N–H and O–H groups in total. The summed E-state index contributed by atoms with van der Waals surface area (Å²) in [5, 5.41) is 3.92. The SMILES string of the molecule is Cc1ccc(S(=O)(=O)Nc2nc(C)c(C(=O)c3c(Nc4ccccc4)sc(C(=O)c4nc5ccccc5s4)c3N)s2)cc1. The van der Waals surface area contributed by atoms with Crippen molar-refractivity contribution in [3.05, 3.63) is 110 Å². The Balaban J connectivity index is 1.38. The van der Waals surface area contributed by atoms with Gasteiger partial charge in [0.1, 0.15) is 14.8 Å². The summed E-state index contributed by atoms with van der Waals surface area (Å²) in [6.07, 6.45) is 0. The van der Waals surface area contributed by atoms with Gasteiger partial charge in [0.15, 0.2) is 10.1 Å². The van der Waals surface area contributed by atoms with E-state index in [2.05, 4.69) is 20.0 Å². The van der Waals surface area contributed by atoms with Gasteiger partial charge in [-0.2, -0.15) is 0 Å². The van der Waals surface area contributed by atoms with Crippen LogP contribution in [0.1, 0.15) is 41.2 Å². The van der Waals surface area contributed by atoms with Crippen molar-refractivity contribution in [2.45, 2.75) is 18.7 Å². The van der Waals surface area contributed by atoms with Gasteiger partial charge in [0.2, 0.25) is 11.6 Å². The van der Waals surface area contributed by atoms with E-state index in [0.717, 1.165) is 32.9 Å². The number of hydrogen-bond acceptors (Lipinski definition) is 11. The predicted molar refractivity (Wildman–Crippen MR) is 174 cm³/mol. The number of anilines is 4. The number of hydrogen-bond donors (Lipinski definition) is 3. The van der Waals surface area contributed by atoms with Gasteiger partial charge in [0, 0.05) is 5.69 Å². The van der Waals surface area contributed by atoms with Gasteiger partial charge in [-0.15, -0.1) is 22.7 Å². The number of ketones is 2. The highest BCUT2D eigenvalue weighted by Gasteiger charge is 2.31. The van der Waals surface area contributed by atoms with Gasteiger partial charge in [-0.1, -0.05) is 59.4 Å². The Labute approximate surface area is 259 Å². The third-order valence-electron chi connectivity index (χ3n) is 6.45. The Kier molecular flexibility index (Phi) is 7.56. The Morgan fingerprint density at radius 2 is 1.49 bits per heavy atom. The number of nitrogens with one attached hydrogen (secondary N) is 2. The first-order chi connectivity index (χ1) is 20.6. The van der Waals surface area contributed by atoms with E-state index in [-0.39, 0.29) is 41.8 Å². The number of aromatic nitrogens is 2. The van der Waals surface area contributed by atoms with Gasteiger partial charge in [-0.05, 0) is 50.2 Å². The van der Waals surface area contributed by atoms with Crippen molar-refractivity contribution in [3.8, 4) is 0 Å². The molecule has 0 aliphatic rings. The van der Waals surface area contributed by atoms with Crippen molar-refractivity contribution in [2.75, 3.05) is 15.8 Å². The number of nitrogen functional groups attached to an aromatic ring is 1. The van der Waals surface area contributed by atoms with Crippen molar-refractivity contribution in [3.63, 3.8) is 0 Å². The Bertz CT molecular complexity index is 2080. The fourth-order valence-electron chi connectivity index (χ4n) is 4.30. The number of thiophene rings is 1. The van der Waals surface area contributed by atoms with E-state index >= 15 is 0 Å². The monoisotopic (exact) mass is 645 g/mol. The lowest BCUT2D eigenvalue weighted by Gasteiger charge is -2.07. The smallest absolute Gasteiger partial charge is 0.263 e. The van der Waals surface area contributed by atoms with Crippen LogP contribution in [0.25, 0.3) is 10.2 Å². The number of nitrogens with zero attached hydrogens (tertiary/aromatic N) is 2. The van der Waals surface area contributed by atoms with Gasteiger partial charge in [-0.25, -0.2) is 18.4 Å². The molecule has 3 heterocycles. The van der Waals surface area contributed by atoms with Crippen LogP contribution < -0.4 is 15.8 Å². The van der Waals surface area contributed by atoms with E-state index in [1.165, 1.54) is 23.5 Å². The van der Waals surface area contributed by atoms with Crippen LogP contribution in [0.15, 0.2) is 83.8 Å². The Morgan fingerprint density at radius 1 is 0.791 bits per heavy atom. The highest BCUT2D eigenvalue weighted by atomic mass is 32.2. The summed E-state index contributed by atoms with van der Waals surface area (Å²) < 4.78 is 29.3. The number of nitrogens with two attached hydrogens (primary N) is 1. The second kappa shape index (κ2) is 11.3. The van der Waals surface area contributed by atoms with Crippen molar-refractivity contribution in [1.29, 1.82) is 0 Å². The second-order valence-electron chi connectivity index (χ2n) is 9.54. The largest absolute Gasteiger partial charge is 0.397 e. The molecule has 0 fully saturated rings. The number of rotatable bonds is 9. The molecule has 216 valence electrons. The second-order valence-corrected chi connectivity index (χ2v) is 14.3. The van der Waals surface area contributed by atoms with Crippen LogP contribution in [0.5, 0.6) is 0 Å². The van der Waals surface area contributed by atoms with Crippen LogP contribution in [0, 0.1) is 13.8 Å². The van der Waals surface area contributed by atoms with Crippen LogP contribution >= 0.6 is 34.0 Å². The molecule has 0 unspecified atom stereocenters. The van der Waals surface area contributed by atoms with E-state index in [4.69, 9.17) is 5.73 Å². The quantitative estimate of drug-likeness (QED) is 0.142. The lowest BCUT2D eigenvalue weighted by Crippen LogP contribution is -2.12. The summed E-state index contributed by atoms with van der Waals surface area (Å²) in [6.45, 7) is 3.48. The van der Waals surface area contributed by atoms with Gasteiger partial charge < -0.3 is 11.1 Å². The number of carbonyl (C=O) groups excluding carboxylic acids is 2. The molecule has 0 aliphatic heterocycles. The van der Waals surface area contributed by atoms with Crippen LogP contribution in [-0.2, 0) is 10.0 Å². The zero-order valence-electron chi connectivity index (χ0n) is 22.7. The third-order valence-corrected chi connectivity index (χ3v) is 11.2. The summed E-state index contributed by atoms with van der Waals surface area (Å²) in [5.74, 6) is -0.863. The van der Waals surface area contributed by atoms with Gasteiger partial charge in [0.25, 0.3) is 10.0 Å². The minimum absolute atomic E-state index is 0.0206. The Morgan fingerprint density at radius 3 is 2.21 bits per heavy atom. The fourth-order valence-corrected chi connectivity index (χ4v) is 8.50. The standard InChI is InChI=1S/C30H23N5O4S4/c1-16-12-14-19(15-13-16)43(38,39)35-30-32-17(2)26(42-30)24(36)22-23(31)27(41-28(22)33-18-8-4-3-5-9-18)25(37)29-34-20-10-6-7-11-21(20)40-29/h3-15,33H,31H2,1-2H3,(H,32,35). The van der Waals surface area contributed by atoms with Crippen molar-refractivity contribution < 1.29 is 18.0 Å². The topological polar surface area (TPSA) is 144 Å². The van der Waals surface area contributed by atoms with Gasteiger partial charge in [-0.3, -0.25) is 14.3 Å². The van der Waals surface area contributed by atoms with E-state index in [1.54, 1.807) is 19.1 Å². The molecule has 0 spiro atoms. The van der Waals surface area contributed by atoms with Crippen LogP contribution in [-0.4, -0.2) is 30.0 Å². The highest BCUT2D eigenvalue weighted by Crippen LogP contribution is 2.42. The molecule has 6 rings (SSSR count). The minimum atomic E-state index is -3.93. The molecule has 0 amide bonds. The van der Waals surface area contributed by atoms with Crippen molar-refractivity contribution in [1.82, 2.24) is 9.97 Å². The highest BCUT2D eigenvalue weighted by molar-refractivity contribution is 7.93. The Hall–Kier alpha value is -4.43. The first kappa shape index (κ1) is 28.7. The molecule has 0 radical (unpaired) electrons. The molecule has 0 saturated heterocycles. The number of benzene rings is 3. The van der Waals surface area contributed by atoms with Crippen molar-refractivity contribution >= 4 is 87.3 Å². The zero-order chi connectivity index (χ0) is 30.3. The molecular weight excluding hydrogens is 623 g/mol. The number of sulfonamides is 1. The maximum Gasteiger partial charge on any atom is 0.263 e. The first-order valence-corrected chi connectivity index (χ1v) is 16.8. The summed E-state index contributed by atoms with van der Waals surface area (Å²) in [6, 6.07) is 23.0. The lowest BCUT2D eigenvalue weighted by molar-refractivity contribution is 0.104. The predicted octanol–water partition coefficient (Wildman–Crippen LogP) is 7.02. The molecule has 9 nitrogen and oxygen atoms in total. The van der Waals surface area contributed by atoms with E-state index in [1.807, 2.05) is 61.5 Å². The molecule has 0 aliphatic carbocycles. The lowest BCUT2D eigenvalue weighted by atomic mass is 10.1. The van der Waals surface area contributed by atoms with Crippen LogP contribution in [0.3, 0.4) is 0 Å². The normalized spacial score (nSPS) is 11.5. The molecule has 0 atom stereocenters. The molecule has 0 saturated carbocycles. The third kappa shape index (κ3) is 5.67. The molecule has 6 aromatic rings. The summed E-state index contributed by atoms with van der Waals surface area (Å²) >= 11 is 3.23. The van der Waals surface area contributed by atoms with E-state index in [9.17, 15) is 18.0 Å². The molecular formula is C30H23N5O4S4. The van der Waals surface area contributed by atoms with E-state index in [0.29, 0.717) is 21.9 Å². The number of thiazole rings is 2. The van der Waals surface area contributed by atoms with E-state index < -0.39 is 15.8 Å². The molecule has 0 bridgehead atoms. The average molecular weight is 646 g/mol. The molecule has 13 heteroatoms. The number of aryl methyl sites for hydroxylation is 2. The zero-order valence-corrected chi connectivity index (χ0v) is 26.0. The fraction of sp³-hybridized carbons (Fsp3) is 0.0667. The molecule has 3 aromatic heterocycles. The summed E-state index contributed by atoms with van der Waals surface area (Å²) in [7, 11) is -3.93. The molecule has 3 aromatic carbocycles. The maximum absolute atomic E-state index is 14.1. The minimum Gasteiger partial charge on any atom is -0.397 e. The first-order valence-electron chi connectivity index (χ1n) is 12.9. The number of carbonyl (C=O) groups is 2. The van der Waals surface area contributed by atoms with Crippen LogP contribution in [0.4, 0.5) is 21.5 Å².